The van der Waals surface area contributed by atoms with E-state index in [4.69, 9.17) is 23.2 Å². The SMILES string of the molecule is O=C(NC1CCCC1)[C@H](Cc1ccccc1)N(Cc1ccccc1F)C(=O)CN(c1cccc(Cl)c1Cl)S(=O)(=O)c1ccccc1. The minimum Gasteiger partial charge on any atom is -0.352 e. The lowest BCUT2D eigenvalue weighted by Crippen LogP contribution is -2.54. The number of amides is 2. The van der Waals surface area contributed by atoms with E-state index >= 15 is 4.39 Å². The van der Waals surface area contributed by atoms with Gasteiger partial charge in [0.2, 0.25) is 11.8 Å². The standard InChI is InChI=1S/C35H34Cl2FN3O4S/c36-29-19-11-21-31(34(29)37)41(46(44,45)28-17-5-2-6-18-28)24-33(42)40(23-26-14-7-10-20-30(26)38)32(22-25-12-3-1-4-13-25)35(43)39-27-15-8-9-16-27/h1-7,10-14,17-21,27,32H,8-9,15-16,22-24H2,(H,39,43)/t32-/m0/s1. The minimum absolute atomic E-state index is 0.00720. The Morgan fingerprint density at radius 3 is 2.15 bits per heavy atom. The van der Waals surface area contributed by atoms with Gasteiger partial charge in [0.05, 0.1) is 20.6 Å². The zero-order chi connectivity index (χ0) is 32.7. The van der Waals surface area contributed by atoms with Crippen molar-refractivity contribution in [2.75, 3.05) is 10.8 Å². The molecule has 11 heteroatoms. The van der Waals surface area contributed by atoms with Gasteiger partial charge in [-0.05, 0) is 48.7 Å². The summed E-state index contributed by atoms with van der Waals surface area (Å²) in [6.07, 6.45) is 3.74. The van der Waals surface area contributed by atoms with E-state index in [2.05, 4.69) is 5.32 Å². The summed E-state index contributed by atoms with van der Waals surface area (Å²) < 4.78 is 44.2. The predicted octanol–water partition coefficient (Wildman–Crippen LogP) is 7.03. The van der Waals surface area contributed by atoms with Crippen LogP contribution in [0.2, 0.25) is 10.0 Å². The van der Waals surface area contributed by atoms with Gasteiger partial charge in [-0.25, -0.2) is 12.8 Å². The molecule has 1 aliphatic carbocycles. The summed E-state index contributed by atoms with van der Waals surface area (Å²) in [7, 11) is -4.36. The minimum atomic E-state index is -4.36. The van der Waals surface area contributed by atoms with Gasteiger partial charge in [-0.1, -0.05) is 109 Å². The van der Waals surface area contributed by atoms with E-state index in [0.29, 0.717) is 0 Å². The van der Waals surface area contributed by atoms with Gasteiger partial charge < -0.3 is 10.2 Å². The number of carbonyl (C=O) groups is 2. The first-order valence-corrected chi connectivity index (χ1v) is 17.2. The molecule has 0 aliphatic heterocycles. The molecule has 1 aliphatic rings. The molecule has 1 saturated carbocycles. The first kappa shape index (κ1) is 33.4. The number of sulfonamides is 1. The molecule has 0 spiro atoms. The number of rotatable bonds is 12. The molecule has 0 bridgehead atoms. The Hall–Kier alpha value is -3.92. The van der Waals surface area contributed by atoms with E-state index in [1.165, 1.54) is 53.4 Å². The van der Waals surface area contributed by atoms with Crippen molar-refractivity contribution >= 4 is 50.7 Å². The molecule has 2 amide bonds. The molecule has 0 unspecified atom stereocenters. The first-order chi connectivity index (χ1) is 22.1. The van der Waals surface area contributed by atoms with Crippen molar-refractivity contribution < 1.29 is 22.4 Å². The summed E-state index contributed by atoms with van der Waals surface area (Å²) >= 11 is 12.8. The van der Waals surface area contributed by atoms with Crippen molar-refractivity contribution in [3.8, 4) is 0 Å². The van der Waals surface area contributed by atoms with Crippen LogP contribution < -0.4 is 9.62 Å². The molecule has 0 aromatic heterocycles. The monoisotopic (exact) mass is 681 g/mol. The maximum Gasteiger partial charge on any atom is 0.264 e. The van der Waals surface area contributed by atoms with E-state index in [1.807, 2.05) is 30.3 Å². The Kier molecular flexibility index (Phi) is 11.0. The van der Waals surface area contributed by atoms with Crippen LogP contribution >= 0.6 is 23.2 Å². The molecular weight excluding hydrogens is 648 g/mol. The summed E-state index contributed by atoms with van der Waals surface area (Å²) in [5.41, 5.74) is 0.958. The van der Waals surface area contributed by atoms with E-state index in [1.54, 1.807) is 24.3 Å². The molecule has 0 radical (unpaired) electrons. The van der Waals surface area contributed by atoms with Gasteiger partial charge in [0, 0.05) is 24.6 Å². The fraction of sp³-hybridized carbons (Fsp3) is 0.257. The quantitative estimate of drug-likeness (QED) is 0.174. The molecule has 4 aromatic carbocycles. The molecule has 1 fully saturated rings. The molecule has 0 saturated heterocycles. The van der Waals surface area contributed by atoms with Crippen LogP contribution in [0.5, 0.6) is 0 Å². The Balaban J connectivity index is 1.59. The van der Waals surface area contributed by atoms with Crippen LogP contribution in [0.4, 0.5) is 10.1 Å². The maximum absolute atomic E-state index is 15.1. The van der Waals surface area contributed by atoms with Crippen LogP contribution in [0.1, 0.15) is 36.8 Å². The Labute approximate surface area is 279 Å². The van der Waals surface area contributed by atoms with Crippen molar-refractivity contribution in [3.05, 3.63) is 130 Å². The Morgan fingerprint density at radius 2 is 1.48 bits per heavy atom. The van der Waals surface area contributed by atoms with Gasteiger partial charge in [-0.3, -0.25) is 13.9 Å². The molecule has 46 heavy (non-hydrogen) atoms. The lowest BCUT2D eigenvalue weighted by atomic mass is 10.0. The molecular formula is C35H34Cl2FN3O4S. The van der Waals surface area contributed by atoms with Crippen LogP contribution in [0.15, 0.2) is 108 Å². The van der Waals surface area contributed by atoms with Crippen LogP contribution in [0, 0.1) is 5.82 Å². The first-order valence-electron chi connectivity index (χ1n) is 15.0. The molecule has 0 heterocycles. The third-order valence-electron chi connectivity index (χ3n) is 8.08. The maximum atomic E-state index is 15.1. The van der Waals surface area contributed by atoms with Gasteiger partial charge in [-0.15, -0.1) is 0 Å². The second kappa shape index (κ2) is 15.1. The largest absolute Gasteiger partial charge is 0.352 e. The van der Waals surface area contributed by atoms with E-state index in [0.717, 1.165) is 35.6 Å². The lowest BCUT2D eigenvalue weighted by molar-refractivity contribution is -0.140. The summed E-state index contributed by atoms with van der Waals surface area (Å²) in [5, 5.41) is 3.14. The zero-order valence-electron chi connectivity index (χ0n) is 25.0. The van der Waals surface area contributed by atoms with Crippen molar-refractivity contribution in [3.63, 3.8) is 0 Å². The highest BCUT2D eigenvalue weighted by Crippen LogP contribution is 2.35. The average molecular weight is 683 g/mol. The summed E-state index contributed by atoms with van der Waals surface area (Å²) in [6.45, 7) is -1.00. The number of nitrogens with zero attached hydrogens (tertiary/aromatic N) is 2. The number of nitrogens with one attached hydrogen (secondary N) is 1. The second-order valence-corrected chi connectivity index (χ2v) is 13.9. The fourth-order valence-corrected chi connectivity index (χ4v) is 7.54. The number of benzene rings is 4. The summed E-state index contributed by atoms with van der Waals surface area (Å²) in [4.78, 5) is 29.8. The predicted molar refractivity (Wildman–Crippen MR) is 179 cm³/mol. The highest BCUT2D eigenvalue weighted by molar-refractivity contribution is 7.92. The highest BCUT2D eigenvalue weighted by atomic mass is 35.5. The molecule has 5 rings (SSSR count). The van der Waals surface area contributed by atoms with Gasteiger partial charge in [-0.2, -0.15) is 0 Å². The van der Waals surface area contributed by atoms with Crippen LogP contribution in [0.3, 0.4) is 0 Å². The van der Waals surface area contributed by atoms with Gasteiger partial charge in [0.1, 0.15) is 18.4 Å². The number of carbonyl (C=O) groups excluding carboxylic acids is 2. The Bertz CT molecular complexity index is 1770. The molecule has 7 nitrogen and oxygen atoms in total. The van der Waals surface area contributed by atoms with Crippen molar-refractivity contribution in [2.45, 2.75) is 55.6 Å². The van der Waals surface area contributed by atoms with Crippen molar-refractivity contribution in [1.29, 1.82) is 0 Å². The molecule has 1 N–H and O–H groups in total. The van der Waals surface area contributed by atoms with Crippen molar-refractivity contribution in [1.82, 2.24) is 10.2 Å². The molecule has 4 aromatic rings. The van der Waals surface area contributed by atoms with Crippen molar-refractivity contribution in [2.24, 2.45) is 0 Å². The Morgan fingerprint density at radius 1 is 0.848 bits per heavy atom. The molecule has 240 valence electrons. The van der Waals surface area contributed by atoms with E-state index in [-0.39, 0.29) is 45.2 Å². The van der Waals surface area contributed by atoms with E-state index in [9.17, 15) is 18.0 Å². The van der Waals surface area contributed by atoms with Crippen LogP contribution in [-0.4, -0.2) is 43.8 Å². The topological polar surface area (TPSA) is 86.8 Å². The summed E-state index contributed by atoms with van der Waals surface area (Å²) in [5.74, 6) is -1.67. The molecule has 1 atom stereocenters. The smallest absolute Gasteiger partial charge is 0.264 e. The number of hydrogen-bond acceptors (Lipinski definition) is 4. The number of anilines is 1. The average Bonchev–Trinajstić information content (AvgIpc) is 3.57. The van der Waals surface area contributed by atoms with E-state index < -0.39 is 40.2 Å². The summed E-state index contributed by atoms with van der Waals surface area (Å²) in [6, 6.07) is 26.2. The zero-order valence-corrected chi connectivity index (χ0v) is 27.3. The fourth-order valence-electron chi connectivity index (χ4n) is 5.65. The normalized spacial score (nSPS) is 14.1. The second-order valence-electron chi connectivity index (χ2n) is 11.2. The van der Waals surface area contributed by atoms with Crippen LogP contribution in [-0.2, 0) is 32.6 Å². The van der Waals surface area contributed by atoms with Gasteiger partial charge in [0.25, 0.3) is 10.0 Å². The third-order valence-corrected chi connectivity index (χ3v) is 10.7. The highest BCUT2D eigenvalue weighted by Gasteiger charge is 2.36. The third kappa shape index (κ3) is 7.89. The number of halogens is 3. The van der Waals surface area contributed by atoms with Crippen LogP contribution in [0.25, 0.3) is 0 Å². The lowest BCUT2D eigenvalue weighted by Gasteiger charge is -2.34. The van der Waals surface area contributed by atoms with Gasteiger partial charge in [0.15, 0.2) is 0 Å². The number of hydrogen-bond donors (Lipinski definition) is 1. The van der Waals surface area contributed by atoms with Gasteiger partial charge >= 0.3 is 0 Å².